The molecular weight excluding hydrogens is 556 g/mol. The van der Waals surface area contributed by atoms with Crippen molar-refractivity contribution in [3.8, 4) is 11.4 Å². The monoisotopic (exact) mass is 587 g/mol. The Hall–Kier alpha value is -3.56. The number of nitrogens with one attached hydrogen (secondary N) is 4. The maximum atomic E-state index is 14.4. The van der Waals surface area contributed by atoms with Gasteiger partial charge in [-0.15, -0.1) is 0 Å². The SMILES string of the molecule is CC(C)(F)CNc1cc(-c2[nH]ncc2NC(=O)N2CC(F)(F)CCC23CC3)ncc1C(=N)N1CC(N)(C(F)(F)F)C1. The highest BCUT2D eigenvalue weighted by Crippen LogP contribution is 2.51. The van der Waals surface area contributed by atoms with Crippen molar-refractivity contribution in [3.63, 3.8) is 0 Å². The molecule has 0 bridgehead atoms. The van der Waals surface area contributed by atoms with Crippen LogP contribution in [0.25, 0.3) is 11.4 Å². The number of hydrogen-bond donors (Lipinski definition) is 5. The lowest BCUT2D eigenvalue weighted by atomic mass is 9.89. The van der Waals surface area contributed by atoms with Crippen molar-refractivity contribution in [3.05, 3.63) is 24.0 Å². The van der Waals surface area contributed by atoms with Crippen LogP contribution in [0.15, 0.2) is 18.5 Å². The number of carbonyl (C=O) groups excluding carboxylic acids is 1. The number of anilines is 2. The molecule has 4 heterocycles. The lowest BCUT2D eigenvalue weighted by molar-refractivity contribution is -0.213. The first-order valence-corrected chi connectivity index (χ1v) is 13.0. The summed E-state index contributed by atoms with van der Waals surface area (Å²) in [6.45, 7) is 0.515. The Kier molecular flexibility index (Phi) is 6.70. The van der Waals surface area contributed by atoms with Crippen molar-refractivity contribution in [1.29, 1.82) is 5.41 Å². The number of rotatable bonds is 6. The standard InChI is InChI=1S/C25H31F6N9O/c1-21(2,26)10-35-15-7-16(34-8-14(15)19(32)39-11-23(33,12-39)25(29,30)31)18-17(9-36-38-18)37-20(41)40-13-24(27,28)6-5-22(40)3-4-22/h7-9,32H,3-6,10-13,33H2,1-2H3,(H,34,35)(H,36,38)(H,37,41). The second-order valence-electron chi connectivity index (χ2n) is 11.8. The van der Waals surface area contributed by atoms with Gasteiger partial charge in [0, 0.05) is 43.5 Å². The summed E-state index contributed by atoms with van der Waals surface area (Å²) in [7, 11) is 0. The number of urea groups is 1. The molecule has 0 radical (unpaired) electrons. The van der Waals surface area contributed by atoms with Crippen LogP contribution in [-0.2, 0) is 0 Å². The fourth-order valence-corrected chi connectivity index (χ4v) is 5.11. The Labute approximate surface area is 231 Å². The molecule has 1 aliphatic carbocycles. The van der Waals surface area contributed by atoms with Crippen LogP contribution in [0, 0.1) is 5.41 Å². The van der Waals surface area contributed by atoms with Crippen LogP contribution in [-0.4, -0.2) is 91.9 Å². The predicted molar refractivity (Wildman–Crippen MR) is 139 cm³/mol. The second kappa shape index (κ2) is 9.49. The Morgan fingerprint density at radius 3 is 2.37 bits per heavy atom. The van der Waals surface area contributed by atoms with Crippen LogP contribution < -0.4 is 16.4 Å². The summed E-state index contributed by atoms with van der Waals surface area (Å²) in [4.78, 5) is 19.7. The highest BCUT2D eigenvalue weighted by atomic mass is 19.4. The molecule has 1 spiro atoms. The molecule has 6 N–H and O–H groups in total. The molecule has 41 heavy (non-hydrogen) atoms. The van der Waals surface area contributed by atoms with Crippen molar-refractivity contribution in [2.75, 3.05) is 36.8 Å². The highest BCUT2D eigenvalue weighted by molar-refractivity contribution is 6.02. The summed E-state index contributed by atoms with van der Waals surface area (Å²) in [5.74, 6) is -3.27. The largest absolute Gasteiger partial charge is 0.409 e. The van der Waals surface area contributed by atoms with Gasteiger partial charge in [-0.05, 0) is 39.2 Å². The molecule has 0 atom stereocenters. The van der Waals surface area contributed by atoms with E-state index in [2.05, 4.69) is 25.8 Å². The molecule has 5 rings (SSSR count). The first-order chi connectivity index (χ1) is 18.9. The number of amides is 2. The van der Waals surface area contributed by atoms with Gasteiger partial charge in [0.2, 0.25) is 0 Å². The van der Waals surface area contributed by atoms with Gasteiger partial charge in [-0.2, -0.15) is 18.3 Å². The van der Waals surface area contributed by atoms with E-state index in [9.17, 15) is 31.1 Å². The molecule has 16 heteroatoms. The number of hydrogen-bond acceptors (Lipinski definition) is 6. The lowest BCUT2D eigenvalue weighted by Crippen LogP contribution is -2.75. The molecule has 2 aromatic heterocycles. The van der Waals surface area contributed by atoms with Gasteiger partial charge in [0.15, 0.2) is 0 Å². The molecule has 224 valence electrons. The van der Waals surface area contributed by atoms with Crippen LogP contribution in [0.4, 0.5) is 42.5 Å². The number of pyridine rings is 1. The van der Waals surface area contributed by atoms with Crippen LogP contribution in [0.5, 0.6) is 0 Å². The van der Waals surface area contributed by atoms with E-state index in [4.69, 9.17) is 11.1 Å². The molecule has 2 aliphatic heterocycles. The molecule has 0 unspecified atom stereocenters. The Morgan fingerprint density at radius 1 is 1.10 bits per heavy atom. The third kappa shape index (κ3) is 5.65. The van der Waals surface area contributed by atoms with Crippen molar-refractivity contribution in [2.24, 2.45) is 5.73 Å². The minimum Gasteiger partial charge on any atom is -0.381 e. The average molecular weight is 588 g/mol. The van der Waals surface area contributed by atoms with Crippen LogP contribution in [0.2, 0.25) is 0 Å². The van der Waals surface area contributed by atoms with Gasteiger partial charge in [0.25, 0.3) is 5.92 Å². The van der Waals surface area contributed by atoms with Gasteiger partial charge < -0.3 is 26.2 Å². The Morgan fingerprint density at radius 2 is 1.76 bits per heavy atom. The zero-order valence-electron chi connectivity index (χ0n) is 22.4. The fourth-order valence-electron chi connectivity index (χ4n) is 5.11. The highest BCUT2D eigenvalue weighted by Gasteiger charge is 2.60. The van der Waals surface area contributed by atoms with Crippen molar-refractivity contribution in [1.82, 2.24) is 25.0 Å². The lowest BCUT2D eigenvalue weighted by Gasteiger charge is -2.49. The second-order valence-corrected chi connectivity index (χ2v) is 11.8. The summed E-state index contributed by atoms with van der Waals surface area (Å²) in [6, 6.07) is 0.739. The topological polar surface area (TPSA) is 139 Å². The van der Waals surface area contributed by atoms with Gasteiger partial charge in [-0.1, -0.05) is 0 Å². The average Bonchev–Trinajstić information content (AvgIpc) is 3.49. The third-order valence-electron chi connectivity index (χ3n) is 7.81. The predicted octanol–water partition coefficient (Wildman–Crippen LogP) is 4.33. The number of aromatic amines is 1. The van der Waals surface area contributed by atoms with Crippen LogP contribution in [0.3, 0.4) is 0 Å². The quantitative estimate of drug-likeness (QED) is 0.194. The summed E-state index contributed by atoms with van der Waals surface area (Å²) in [5.41, 5.74) is 1.63. The van der Waals surface area contributed by atoms with Gasteiger partial charge >= 0.3 is 12.2 Å². The molecule has 2 saturated heterocycles. The van der Waals surface area contributed by atoms with E-state index in [-0.39, 0.29) is 53.5 Å². The number of alkyl halides is 6. The molecule has 1 saturated carbocycles. The van der Waals surface area contributed by atoms with Gasteiger partial charge in [-0.25, -0.2) is 18.0 Å². The van der Waals surface area contributed by atoms with E-state index in [0.717, 1.165) is 4.90 Å². The number of halogens is 6. The number of nitrogens with zero attached hydrogens (tertiary/aromatic N) is 4. The van der Waals surface area contributed by atoms with Crippen molar-refractivity contribution in [2.45, 2.75) is 68.4 Å². The summed E-state index contributed by atoms with van der Waals surface area (Å²) in [5, 5.41) is 20.7. The number of nitrogens with two attached hydrogens (primary N) is 1. The molecule has 3 fully saturated rings. The smallest absolute Gasteiger partial charge is 0.381 e. The number of amidine groups is 1. The fraction of sp³-hybridized carbons (Fsp3) is 0.600. The number of H-pyrrole nitrogens is 1. The normalized spacial score (nSPS) is 20.9. The zero-order valence-corrected chi connectivity index (χ0v) is 22.4. The number of carbonyl (C=O) groups is 1. The van der Waals surface area contributed by atoms with Crippen molar-refractivity contribution < 1.29 is 31.1 Å². The van der Waals surface area contributed by atoms with Crippen molar-refractivity contribution >= 4 is 23.2 Å². The first-order valence-electron chi connectivity index (χ1n) is 13.0. The van der Waals surface area contributed by atoms with E-state index < -0.39 is 54.5 Å². The van der Waals surface area contributed by atoms with E-state index in [1.807, 2.05) is 0 Å². The minimum atomic E-state index is -4.64. The van der Waals surface area contributed by atoms with Gasteiger partial charge in [0.05, 0.1) is 29.7 Å². The summed E-state index contributed by atoms with van der Waals surface area (Å²) in [6.07, 6.45) is -0.871. The Bertz CT molecular complexity index is 1340. The van der Waals surface area contributed by atoms with Crippen LogP contribution >= 0.6 is 0 Å². The first kappa shape index (κ1) is 29.0. The molecule has 2 amide bonds. The maximum absolute atomic E-state index is 14.4. The number of likely N-dealkylation sites (tertiary alicyclic amines) is 2. The zero-order chi connectivity index (χ0) is 30.0. The molecule has 0 aromatic carbocycles. The molecular formula is C25H31F6N9O. The van der Waals surface area contributed by atoms with Gasteiger partial charge in [-0.3, -0.25) is 15.5 Å². The van der Waals surface area contributed by atoms with E-state index in [1.54, 1.807) is 0 Å². The van der Waals surface area contributed by atoms with Gasteiger partial charge in [0.1, 0.15) is 22.7 Å². The minimum absolute atomic E-state index is 0.110. The number of aromatic nitrogens is 3. The third-order valence-corrected chi connectivity index (χ3v) is 7.81. The van der Waals surface area contributed by atoms with E-state index in [0.29, 0.717) is 12.8 Å². The number of piperidine rings is 1. The molecule has 2 aromatic rings. The molecule has 3 aliphatic rings. The van der Waals surface area contributed by atoms with E-state index in [1.165, 1.54) is 37.2 Å². The maximum Gasteiger partial charge on any atom is 0.409 e. The molecule has 10 nitrogen and oxygen atoms in total. The van der Waals surface area contributed by atoms with Crippen LogP contribution in [0.1, 0.15) is 45.1 Å². The Balaban J connectivity index is 1.39. The summed E-state index contributed by atoms with van der Waals surface area (Å²) < 4.78 is 82.3. The van der Waals surface area contributed by atoms with E-state index >= 15 is 0 Å². The summed E-state index contributed by atoms with van der Waals surface area (Å²) >= 11 is 0.